The van der Waals surface area contributed by atoms with Crippen LogP contribution in [0.1, 0.15) is 29.8 Å². The van der Waals surface area contributed by atoms with E-state index in [9.17, 15) is 14.4 Å². The minimum atomic E-state index is -0.239. The van der Waals surface area contributed by atoms with Gasteiger partial charge in [0.1, 0.15) is 0 Å². The number of rotatable bonds is 2. The lowest BCUT2D eigenvalue weighted by Crippen LogP contribution is -2.26. The largest absolute Gasteiger partial charge is 0.324 e. The van der Waals surface area contributed by atoms with Gasteiger partial charge in [0.2, 0.25) is 11.8 Å². The van der Waals surface area contributed by atoms with E-state index >= 15 is 0 Å². The van der Waals surface area contributed by atoms with E-state index in [1.165, 1.54) is 11.8 Å². The van der Waals surface area contributed by atoms with Gasteiger partial charge in [-0.2, -0.15) is 0 Å². The van der Waals surface area contributed by atoms with Crippen molar-refractivity contribution in [3.05, 3.63) is 47.5 Å². The van der Waals surface area contributed by atoms with Crippen molar-refractivity contribution in [3.63, 3.8) is 0 Å². The molecule has 0 spiro atoms. The number of hydrogen-bond donors (Lipinski definition) is 2. The summed E-state index contributed by atoms with van der Waals surface area (Å²) in [7, 11) is 0. The van der Waals surface area contributed by atoms with Crippen LogP contribution in [0.4, 0.5) is 17.1 Å². The van der Waals surface area contributed by atoms with Crippen LogP contribution < -0.4 is 15.5 Å². The number of carbonyl (C=O) groups excluding carboxylic acids is 3. The molecule has 4 rings (SSSR count). The van der Waals surface area contributed by atoms with Crippen molar-refractivity contribution in [2.45, 2.75) is 30.4 Å². The molecule has 1 atom stereocenters. The summed E-state index contributed by atoms with van der Waals surface area (Å²) < 4.78 is 0. The van der Waals surface area contributed by atoms with Crippen molar-refractivity contribution in [1.82, 2.24) is 0 Å². The monoisotopic (exact) mass is 381 g/mol. The van der Waals surface area contributed by atoms with Crippen molar-refractivity contribution in [3.8, 4) is 0 Å². The number of anilines is 3. The highest BCUT2D eigenvalue weighted by molar-refractivity contribution is 8.00. The molecule has 2 heterocycles. The molecule has 2 aromatic carbocycles. The zero-order chi connectivity index (χ0) is 19.1. The van der Waals surface area contributed by atoms with Crippen LogP contribution >= 0.6 is 11.8 Å². The summed E-state index contributed by atoms with van der Waals surface area (Å²) in [5.74, 6) is -0.274. The van der Waals surface area contributed by atoms with Gasteiger partial charge in [-0.15, -0.1) is 11.8 Å². The van der Waals surface area contributed by atoms with Crippen LogP contribution in [0.2, 0.25) is 0 Å². The number of carbonyl (C=O) groups is 3. The zero-order valence-electron chi connectivity index (χ0n) is 15.0. The summed E-state index contributed by atoms with van der Waals surface area (Å²) in [5.41, 5.74) is 3.79. The van der Waals surface area contributed by atoms with Crippen LogP contribution in [0.25, 0.3) is 0 Å². The molecule has 138 valence electrons. The van der Waals surface area contributed by atoms with E-state index in [2.05, 4.69) is 10.6 Å². The number of amides is 3. The number of hydrogen-bond acceptors (Lipinski definition) is 4. The second kappa shape index (κ2) is 6.74. The lowest BCUT2D eigenvalue weighted by Gasteiger charge is -2.21. The Kier molecular flexibility index (Phi) is 4.39. The van der Waals surface area contributed by atoms with E-state index in [-0.39, 0.29) is 23.0 Å². The van der Waals surface area contributed by atoms with Gasteiger partial charge in [0, 0.05) is 35.3 Å². The van der Waals surface area contributed by atoms with Crippen LogP contribution in [-0.2, 0) is 16.0 Å². The van der Waals surface area contributed by atoms with Crippen molar-refractivity contribution in [2.24, 2.45) is 0 Å². The first-order chi connectivity index (χ1) is 12.9. The Bertz CT molecular complexity index is 973. The van der Waals surface area contributed by atoms with Crippen molar-refractivity contribution in [1.29, 1.82) is 0 Å². The Labute approximate surface area is 161 Å². The molecule has 2 N–H and O–H groups in total. The summed E-state index contributed by atoms with van der Waals surface area (Å²) in [4.78, 5) is 38.8. The fourth-order valence-electron chi connectivity index (χ4n) is 3.36. The molecule has 0 radical (unpaired) electrons. The van der Waals surface area contributed by atoms with Crippen molar-refractivity contribution < 1.29 is 14.4 Å². The van der Waals surface area contributed by atoms with Gasteiger partial charge in [0.15, 0.2) is 0 Å². The van der Waals surface area contributed by atoms with E-state index < -0.39 is 0 Å². The van der Waals surface area contributed by atoms with Gasteiger partial charge in [-0.1, -0.05) is 0 Å². The molecule has 2 aliphatic heterocycles. The number of thioether (sulfide) groups is 1. The van der Waals surface area contributed by atoms with Crippen LogP contribution in [0.15, 0.2) is 41.3 Å². The maximum Gasteiger partial charge on any atom is 0.255 e. The summed E-state index contributed by atoms with van der Waals surface area (Å²) in [6.45, 7) is 4.08. The number of nitrogens with zero attached hydrogens (tertiary/aromatic N) is 1. The fourth-order valence-corrected chi connectivity index (χ4v) is 4.29. The normalized spacial score (nSPS) is 17.8. The number of fused-ring (bicyclic) bond motifs is 2. The second-order valence-corrected chi connectivity index (χ2v) is 8.06. The topological polar surface area (TPSA) is 78.5 Å². The predicted molar refractivity (Wildman–Crippen MR) is 107 cm³/mol. The smallest absolute Gasteiger partial charge is 0.255 e. The minimum Gasteiger partial charge on any atom is -0.324 e. The van der Waals surface area contributed by atoms with Gasteiger partial charge < -0.3 is 15.5 Å². The predicted octanol–water partition coefficient (Wildman–Crippen LogP) is 3.28. The summed E-state index contributed by atoms with van der Waals surface area (Å²) in [6.07, 6.45) is 0.777. The molecular formula is C20H19N3O3S. The highest BCUT2D eigenvalue weighted by Crippen LogP contribution is 2.36. The molecular weight excluding hydrogens is 362 g/mol. The maximum atomic E-state index is 12.6. The Balaban J connectivity index is 1.53. The highest BCUT2D eigenvalue weighted by Gasteiger charge is 2.24. The minimum absolute atomic E-state index is 0.0221. The molecule has 27 heavy (non-hydrogen) atoms. The summed E-state index contributed by atoms with van der Waals surface area (Å²) >= 11 is 1.48. The number of nitrogens with one attached hydrogen (secondary N) is 2. The third kappa shape index (κ3) is 3.30. The Morgan fingerprint density at radius 1 is 1.22 bits per heavy atom. The molecule has 6 nitrogen and oxygen atoms in total. The lowest BCUT2D eigenvalue weighted by molar-refractivity contribution is -0.116. The van der Waals surface area contributed by atoms with Crippen LogP contribution in [0, 0.1) is 0 Å². The average Bonchev–Trinajstić information content (AvgIpc) is 3.05. The molecule has 0 saturated carbocycles. The van der Waals surface area contributed by atoms with Crippen molar-refractivity contribution >= 4 is 46.5 Å². The Hall–Kier alpha value is -2.80. The Morgan fingerprint density at radius 2 is 2.04 bits per heavy atom. The van der Waals surface area contributed by atoms with Gasteiger partial charge in [-0.25, -0.2) is 0 Å². The van der Waals surface area contributed by atoms with E-state index in [1.54, 1.807) is 30.0 Å². The quantitative estimate of drug-likeness (QED) is 0.837. The zero-order valence-corrected chi connectivity index (χ0v) is 15.9. The molecule has 1 unspecified atom stereocenters. The fraction of sp³-hybridized carbons (Fsp3) is 0.250. The first-order valence-corrected chi connectivity index (χ1v) is 9.64. The molecule has 2 aliphatic rings. The third-order valence-electron chi connectivity index (χ3n) is 4.79. The summed E-state index contributed by atoms with van der Waals surface area (Å²) in [6, 6.07) is 10.9. The molecule has 2 aromatic rings. The van der Waals surface area contributed by atoms with Crippen LogP contribution in [-0.4, -0.2) is 29.5 Å². The first kappa shape index (κ1) is 17.6. The van der Waals surface area contributed by atoms with E-state index in [0.29, 0.717) is 23.5 Å². The van der Waals surface area contributed by atoms with E-state index in [1.807, 2.05) is 25.1 Å². The van der Waals surface area contributed by atoms with E-state index in [0.717, 1.165) is 22.6 Å². The first-order valence-electron chi connectivity index (χ1n) is 8.76. The highest BCUT2D eigenvalue weighted by atomic mass is 32.2. The van der Waals surface area contributed by atoms with E-state index in [4.69, 9.17) is 0 Å². The van der Waals surface area contributed by atoms with Gasteiger partial charge in [0.25, 0.3) is 5.91 Å². The summed E-state index contributed by atoms with van der Waals surface area (Å²) in [5, 5.41) is 5.60. The van der Waals surface area contributed by atoms with Crippen molar-refractivity contribution in [2.75, 3.05) is 22.1 Å². The average molecular weight is 381 g/mol. The third-order valence-corrected chi connectivity index (χ3v) is 5.96. The van der Waals surface area contributed by atoms with Crippen LogP contribution in [0.5, 0.6) is 0 Å². The molecule has 0 aromatic heterocycles. The van der Waals surface area contributed by atoms with Gasteiger partial charge in [-0.3, -0.25) is 14.4 Å². The molecule has 3 amide bonds. The number of benzene rings is 2. The van der Waals surface area contributed by atoms with Gasteiger partial charge in [-0.05, 0) is 55.3 Å². The molecule has 7 heteroatoms. The molecule has 0 aliphatic carbocycles. The molecule has 0 fully saturated rings. The van der Waals surface area contributed by atoms with Gasteiger partial charge >= 0.3 is 0 Å². The molecule has 0 bridgehead atoms. The SMILES string of the molecule is CC(=O)N1CCc2cc(NC(=O)c3ccc4c(c3)NC(=O)C(C)S4)ccc21. The second-order valence-electron chi connectivity index (χ2n) is 6.68. The maximum absolute atomic E-state index is 12.6. The molecule has 0 saturated heterocycles. The Morgan fingerprint density at radius 3 is 2.81 bits per heavy atom. The van der Waals surface area contributed by atoms with Crippen LogP contribution in [0.3, 0.4) is 0 Å². The van der Waals surface area contributed by atoms with Gasteiger partial charge in [0.05, 0.1) is 10.9 Å². The lowest BCUT2D eigenvalue weighted by atomic mass is 10.1. The standard InChI is InChI=1S/C20H19N3O3S/c1-11-19(25)22-16-10-14(3-6-18(16)27-11)20(26)21-15-4-5-17-13(9-15)7-8-23(17)12(2)24/h3-6,9-11H,7-8H2,1-2H3,(H,21,26)(H,22,25).